The number of aromatic nitrogens is 4. The number of aliphatic hydroxyl groups excluding tert-OH is 1. The first-order valence-electron chi connectivity index (χ1n) is 16.0. The molecule has 0 bridgehead atoms. The zero-order valence-corrected chi connectivity index (χ0v) is 29.0. The normalized spacial score (nSPS) is 12.2. The third-order valence-corrected chi connectivity index (χ3v) is 11.9. The first kappa shape index (κ1) is 34.2. The van der Waals surface area contributed by atoms with E-state index in [2.05, 4.69) is 9.97 Å². The topological polar surface area (TPSA) is 141 Å². The van der Waals surface area contributed by atoms with Gasteiger partial charge in [0.2, 0.25) is 5.78 Å². The number of rotatable bonds is 8. The van der Waals surface area contributed by atoms with Gasteiger partial charge in [0, 0.05) is 41.1 Å². The zero-order chi connectivity index (χ0) is 36.3. The molecular formula is C40H30N4O6S2. The van der Waals surface area contributed by atoms with Crippen LogP contribution >= 0.6 is 0 Å². The number of aliphatic hydroxyl groups is 1. The quantitative estimate of drug-likeness (QED) is 0.168. The maximum Gasteiger partial charge on any atom is 0.268 e. The molecule has 52 heavy (non-hydrogen) atoms. The molecule has 4 heterocycles. The van der Waals surface area contributed by atoms with Crippen molar-refractivity contribution in [2.45, 2.75) is 15.9 Å². The van der Waals surface area contributed by atoms with Crippen molar-refractivity contribution in [3.8, 4) is 0 Å². The zero-order valence-electron chi connectivity index (χ0n) is 27.3. The Labute approximate surface area is 300 Å². The summed E-state index contributed by atoms with van der Waals surface area (Å²) in [6.07, 6.45) is 5.05. The highest BCUT2D eigenvalue weighted by atomic mass is 32.2. The monoisotopic (exact) mass is 726 g/mol. The highest BCUT2D eigenvalue weighted by molar-refractivity contribution is 7.90. The molecule has 1 atom stereocenters. The molecule has 12 heteroatoms. The van der Waals surface area contributed by atoms with E-state index in [1.54, 1.807) is 128 Å². The van der Waals surface area contributed by atoms with E-state index >= 15 is 0 Å². The second kappa shape index (κ2) is 14.2. The van der Waals surface area contributed by atoms with Crippen LogP contribution in [0.5, 0.6) is 0 Å². The Balaban J connectivity index is 0.000000162. The summed E-state index contributed by atoms with van der Waals surface area (Å²) in [5, 5.41) is 12.3. The van der Waals surface area contributed by atoms with Gasteiger partial charge in [-0.2, -0.15) is 0 Å². The SMILES string of the molecule is O=C(c1ccncc1)c1cc2ccccc2n1S(=O)(=O)c1ccccc1.O=S(=O)(c1ccccc1)n1c(C(O)c2ccncc2)cc2ccccc21. The minimum absolute atomic E-state index is 0.0984. The number of carbonyl (C=O) groups is 1. The molecule has 0 aliphatic rings. The molecule has 0 fully saturated rings. The summed E-state index contributed by atoms with van der Waals surface area (Å²) in [7, 11) is -7.79. The summed E-state index contributed by atoms with van der Waals surface area (Å²) in [6.45, 7) is 0. The molecule has 0 saturated heterocycles. The molecule has 1 N–H and O–H groups in total. The number of benzene rings is 4. The van der Waals surface area contributed by atoms with E-state index in [1.807, 2.05) is 18.2 Å². The summed E-state index contributed by atoms with van der Waals surface area (Å²) in [5.74, 6) is -0.372. The molecule has 0 aliphatic carbocycles. The van der Waals surface area contributed by atoms with Gasteiger partial charge >= 0.3 is 0 Å². The van der Waals surface area contributed by atoms with Crippen LogP contribution in [0.1, 0.15) is 33.4 Å². The third kappa shape index (κ3) is 6.42. The predicted octanol–water partition coefficient (Wildman–Crippen LogP) is 6.86. The fourth-order valence-corrected chi connectivity index (χ4v) is 9.02. The summed E-state index contributed by atoms with van der Waals surface area (Å²) in [4.78, 5) is 21.2. The fourth-order valence-electron chi connectivity index (χ4n) is 5.92. The second-order valence-corrected chi connectivity index (χ2v) is 15.2. The van der Waals surface area contributed by atoms with E-state index in [1.165, 1.54) is 28.5 Å². The molecule has 4 aromatic heterocycles. The van der Waals surface area contributed by atoms with Gasteiger partial charge < -0.3 is 5.11 Å². The lowest BCUT2D eigenvalue weighted by atomic mass is 10.1. The lowest BCUT2D eigenvalue weighted by Gasteiger charge is -2.16. The van der Waals surface area contributed by atoms with Crippen LogP contribution in [-0.2, 0) is 20.0 Å². The van der Waals surface area contributed by atoms with Crippen LogP contribution in [0.3, 0.4) is 0 Å². The first-order chi connectivity index (χ1) is 25.2. The molecule has 10 nitrogen and oxygen atoms in total. The Bertz CT molecular complexity index is 2740. The van der Waals surface area contributed by atoms with Crippen molar-refractivity contribution in [2.24, 2.45) is 0 Å². The van der Waals surface area contributed by atoms with Crippen molar-refractivity contribution in [1.82, 2.24) is 17.9 Å². The third-order valence-electron chi connectivity index (χ3n) is 8.40. The average Bonchev–Trinajstić information content (AvgIpc) is 3.79. The van der Waals surface area contributed by atoms with E-state index in [-0.39, 0.29) is 21.3 Å². The summed E-state index contributed by atoms with van der Waals surface area (Å²) >= 11 is 0. The van der Waals surface area contributed by atoms with E-state index in [4.69, 9.17) is 0 Å². The fraction of sp³-hybridized carbons (Fsp3) is 0.0250. The molecule has 0 spiro atoms. The average molecular weight is 727 g/mol. The number of fused-ring (bicyclic) bond motifs is 2. The molecular weight excluding hydrogens is 697 g/mol. The summed E-state index contributed by atoms with van der Waals surface area (Å²) < 4.78 is 55.5. The second-order valence-electron chi connectivity index (χ2n) is 11.6. The number of para-hydroxylation sites is 2. The minimum atomic E-state index is -3.93. The lowest BCUT2D eigenvalue weighted by molar-refractivity contribution is 0.103. The van der Waals surface area contributed by atoms with Crippen LogP contribution in [0.25, 0.3) is 21.8 Å². The summed E-state index contributed by atoms with van der Waals surface area (Å²) in [6, 6.07) is 40.3. The molecule has 0 amide bonds. The van der Waals surface area contributed by atoms with Gasteiger partial charge in [0.05, 0.1) is 26.5 Å². The van der Waals surface area contributed by atoms with Gasteiger partial charge in [-0.25, -0.2) is 24.8 Å². The Morgan fingerprint density at radius 3 is 1.54 bits per heavy atom. The molecule has 0 radical (unpaired) electrons. The van der Waals surface area contributed by atoms with E-state index in [0.717, 1.165) is 9.36 Å². The molecule has 1 unspecified atom stereocenters. The van der Waals surface area contributed by atoms with Gasteiger partial charge in [0.15, 0.2) is 0 Å². The minimum Gasteiger partial charge on any atom is -0.382 e. The molecule has 258 valence electrons. The molecule has 0 aliphatic heterocycles. The van der Waals surface area contributed by atoms with Crippen molar-refractivity contribution < 1.29 is 26.7 Å². The van der Waals surface area contributed by atoms with Gasteiger partial charge in [-0.1, -0.05) is 72.8 Å². The van der Waals surface area contributed by atoms with E-state index in [9.17, 15) is 26.7 Å². The van der Waals surface area contributed by atoms with Crippen molar-refractivity contribution in [3.05, 3.63) is 193 Å². The van der Waals surface area contributed by atoms with Crippen molar-refractivity contribution in [1.29, 1.82) is 0 Å². The number of hydrogen-bond acceptors (Lipinski definition) is 8. The Morgan fingerprint density at radius 2 is 0.981 bits per heavy atom. The highest BCUT2D eigenvalue weighted by Crippen LogP contribution is 2.32. The number of carbonyl (C=O) groups excluding carboxylic acids is 1. The lowest BCUT2D eigenvalue weighted by Crippen LogP contribution is -2.19. The number of nitrogens with zero attached hydrogens (tertiary/aromatic N) is 4. The highest BCUT2D eigenvalue weighted by Gasteiger charge is 2.28. The predicted molar refractivity (Wildman–Crippen MR) is 198 cm³/mol. The smallest absolute Gasteiger partial charge is 0.268 e. The maximum absolute atomic E-state index is 13.3. The number of pyridine rings is 2. The van der Waals surface area contributed by atoms with E-state index in [0.29, 0.717) is 33.2 Å². The molecule has 8 aromatic rings. The maximum atomic E-state index is 13.3. The van der Waals surface area contributed by atoms with Crippen molar-refractivity contribution in [3.63, 3.8) is 0 Å². The van der Waals surface area contributed by atoms with E-state index < -0.39 is 26.2 Å². The largest absolute Gasteiger partial charge is 0.382 e. The molecule has 0 saturated carbocycles. The number of hydrogen-bond donors (Lipinski definition) is 1. The van der Waals surface area contributed by atoms with Gasteiger partial charge in [-0.3, -0.25) is 14.8 Å². The Kier molecular flexibility index (Phi) is 9.35. The molecule has 4 aromatic carbocycles. The van der Waals surface area contributed by atoms with Crippen molar-refractivity contribution >= 4 is 47.6 Å². The Hall–Kier alpha value is -6.21. The van der Waals surface area contributed by atoms with Crippen LogP contribution in [0.15, 0.2) is 180 Å². The molecule has 8 rings (SSSR count). The standard InChI is InChI=1S/C20H16N2O3S.C20H14N2O3S/c2*23-20(15-10-12-21-13-11-15)19-14-16-6-4-5-9-18(16)22(19)26(24,25)17-7-2-1-3-8-17/h1-14,20,23H;1-14H. The van der Waals surface area contributed by atoms with Gasteiger partial charge in [0.25, 0.3) is 20.0 Å². The van der Waals surface area contributed by atoms with Gasteiger partial charge in [0.1, 0.15) is 11.8 Å². The van der Waals surface area contributed by atoms with Crippen LogP contribution < -0.4 is 0 Å². The number of ketones is 1. The van der Waals surface area contributed by atoms with Crippen LogP contribution in [0.2, 0.25) is 0 Å². The van der Waals surface area contributed by atoms with Crippen molar-refractivity contribution in [2.75, 3.05) is 0 Å². The van der Waals surface area contributed by atoms with Crippen LogP contribution in [0.4, 0.5) is 0 Å². The van der Waals surface area contributed by atoms with Crippen LogP contribution in [0, 0.1) is 0 Å². The Morgan fingerprint density at radius 1 is 0.538 bits per heavy atom. The summed E-state index contributed by atoms with van der Waals surface area (Å²) in [5.41, 5.74) is 2.34. The van der Waals surface area contributed by atoms with Gasteiger partial charge in [-0.05, 0) is 78.4 Å². The first-order valence-corrected chi connectivity index (χ1v) is 18.9. The van der Waals surface area contributed by atoms with Gasteiger partial charge in [-0.15, -0.1) is 0 Å². The van der Waals surface area contributed by atoms with Crippen LogP contribution in [-0.4, -0.2) is 45.6 Å².